The normalized spacial score (nSPS) is 11.4. The molecule has 94 valence electrons. The number of hydrogen-bond acceptors (Lipinski definition) is 2. The van der Waals surface area contributed by atoms with Crippen LogP contribution in [0.5, 0.6) is 0 Å². The minimum Gasteiger partial charge on any atom is -0.324 e. The molecule has 1 aromatic carbocycles. The molecular formula is C11H13F3N2O. The first-order valence-electron chi connectivity index (χ1n) is 4.93. The maximum atomic E-state index is 12.9. The molecule has 0 saturated heterocycles. The van der Waals surface area contributed by atoms with Crippen LogP contribution in [-0.2, 0) is 4.79 Å². The quantitative estimate of drug-likeness (QED) is 0.801. The maximum absolute atomic E-state index is 12.9. The van der Waals surface area contributed by atoms with Crippen molar-refractivity contribution in [3.8, 4) is 0 Å². The fraction of sp³-hybridized carbons (Fsp3) is 0.364. The Morgan fingerprint density at radius 1 is 1.18 bits per heavy atom. The molecule has 0 unspecified atom stereocenters. The summed E-state index contributed by atoms with van der Waals surface area (Å²) in [6, 6.07) is 1.45. The molecule has 0 radical (unpaired) electrons. The number of likely N-dealkylation sites (N-methyl/N-ethyl adjacent to an activating group) is 1. The van der Waals surface area contributed by atoms with Gasteiger partial charge in [0, 0.05) is 17.8 Å². The fourth-order valence-corrected chi connectivity index (χ4v) is 1.03. The van der Waals surface area contributed by atoms with Crippen LogP contribution >= 0.6 is 0 Å². The predicted octanol–water partition coefficient (Wildman–Crippen LogP) is 2.04. The van der Waals surface area contributed by atoms with Gasteiger partial charge in [-0.15, -0.1) is 0 Å². The van der Waals surface area contributed by atoms with Crippen molar-refractivity contribution in [2.24, 2.45) is 0 Å². The maximum Gasteiger partial charge on any atom is 0.244 e. The van der Waals surface area contributed by atoms with E-state index in [1.165, 1.54) is 0 Å². The van der Waals surface area contributed by atoms with Gasteiger partial charge in [0.25, 0.3) is 0 Å². The van der Waals surface area contributed by atoms with E-state index in [2.05, 4.69) is 10.6 Å². The summed E-state index contributed by atoms with van der Waals surface area (Å²) in [6.45, 7) is 3.19. The van der Waals surface area contributed by atoms with E-state index < -0.39 is 28.9 Å². The van der Waals surface area contributed by atoms with Gasteiger partial charge in [0.05, 0.1) is 5.54 Å². The van der Waals surface area contributed by atoms with E-state index >= 15 is 0 Å². The number of anilines is 1. The zero-order chi connectivity index (χ0) is 13.2. The summed E-state index contributed by atoms with van der Waals surface area (Å²) in [5.74, 6) is -4.73. The molecule has 1 rings (SSSR count). The lowest BCUT2D eigenvalue weighted by atomic mass is 10.1. The van der Waals surface area contributed by atoms with Gasteiger partial charge in [0.15, 0.2) is 17.5 Å². The van der Waals surface area contributed by atoms with E-state index in [1.54, 1.807) is 20.9 Å². The highest BCUT2D eigenvalue weighted by Gasteiger charge is 2.25. The van der Waals surface area contributed by atoms with Gasteiger partial charge in [0.2, 0.25) is 5.91 Å². The highest BCUT2D eigenvalue weighted by molar-refractivity contribution is 5.97. The number of halogens is 3. The van der Waals surface area contributed by atoms with Crippen molar-refractivity contribution in [3.63, 3.8) is 0 Å². The highest BCUT2D eigenvalue weighted by atomic mass is 19.2. The monoisotopic (exact) mass is 246 g/mol. The van der Waals surface area contributed by atoms with Crippen LogP contribution in [0.25, 0.3) is 0 Å². The Kier molecular flexibility index (Phi) is 3.77. The van der Waals surface area contributed by atoms with E-state index in [9.17, 15) is 18.0 Å². The highest BCUT2D eigenvalue weighted by Crippen LogP contribution is 2.18. The van der Waals surface area contributed by atoms with E-state index in [-0.39, 0.29) is 5.69 Å². The predicted molar refractivity (Wildman–Crippen MR) is 58.1 cm³/mol. The number of hydrogen-bond donors (Lipinski definition) is 2. The summed E-state index contributed by atoms with van der Waals surface area (Å²) in [5.41, 5.74) is -1.03. The van der Waals surface area contributed by atoms with Gasteiger partial charge < -0.3 is 10.6 Å². The van der Waals surface area contributed by atoms with Gasteiger partial charge in [0.1, 0.15) is 0 Å². The van der Waals surface area contributed by atoms with Gasteiger partial charge in [-0.05, 0) is 20.9 Å². The smallest absolute Gasteiger partial charge is 0.244 e. The first-order chi connectivity index (χ1) is 7.77. The second-order valence-electron chi connectivity index (χ2n) is 4.08. The van der Waals surface area contributed by atoms with E-state index in [4.69, 9.17) is 0 Å². The molecule has 0 atom stereocenters. The molecule has 17 heavy (non-hydrogen) atoms. The first kappa shape index (κ1) is 13.5. The summed E-state index contributed by atoms with van der Waals surface area (Å²) < 4.78 is 38.4. The fourth-order valence-electron chi connectivity index (χ4n) is 1.03. The zero-order valence-corrected chi connectivity index (χ0v) is 9.70. The van der Waals surface area contributed by atoms with Gasteiger partial charge in [-0.25, -0.2) is 13.2 Å². The van der Waals surface area contributed by atoms with Crippen molar-refractivity contribution < 1.29 is 18.0 Å². The van der Waals surface area contributed by atoms with Crippen LogP contribution in [-0.4, -0.2) is 18.5 Å². The van der Waals surface area contributed by atoms with Gasteiger partial charge in [-0.1, -0.05) is 0 Å². The van der Waals surface area contributed by atoms with Crippen molar-refractivity contribution in [1.82, 2.24) is 5.32 Å². The van der Waals surface area contributed by atoms with Gasteiger partial charge >= 0.3 is 0 Å². The molecule has 0 fully saturated rings. The van der Waals surface area contributed by atoms with Crippen LogP contribution < -0.4 is 10.6 Å². The number of carbonyl (C=O) groups is 1. The van der Waals surface area contributed by atoms with Crippen LogP contribution in [0.3, 0.4) is 0 Å². The third-order valence-electron chi connectivity index (χ3n) is 2.43. The van der Waals surface area contributed by atoms with Crippen LogP contribution in [0.1, 0.15) is 13.8 Å². The zero-order valence-electron chi connectivity index (χ0n) is 9.70. The Labute approximate surface area is 97.0 Å². The molecular weight excluding hydrogens is 233 g/mol. The number of amides is 1. The van der Waals surface area contributed by atoms with E-state index in [0.29, 0.717) is 0 Å². The molecule has 0 aliphatic carbocycles. The molecule has 1 aromatic rings. The molecule has 0 heterocycles. The number of carbonyl (C=O) groups excluding carboxylic acids is 1. The lowest BCUT2D eigenvalue weighted by Gasteiger charge is -2.22. The second kappa shape index (κ2) is 4.75. The largest absolute Gasteiger partial charge is 0.324 e. The van der Waals surface area contributed by atoms with Crippen LogP contribution in [0.4, 0.5) is 18.9 Å². The number of nitrogens with one attached hydrogen (secondary N) is 2. The number of rotatable bonds is 3. The molecule has 0 aliphatic rings. The van der Waals surface area contributed by atoms with Crippen LogP contribution in [0.2, 0.25) is 0 Å². The van der Waals surface area contributed by atoms with Crippen LogP contribution in [0.15, 0.2) is 12.1 Å². The molecule has 0 aromatic heterocycles. The molecule has 2 N–H and O–H groups in total. The first-order valence-corrected chi connectivity index (χ1v) is 4.93. The minimum atomic E-state index is -1.56. The number of benzene rings is 1. The molecule has 1 amide bonds. The van der Waals surface area contributed by atoms with Crippen molar-refractivity contribution in [1.29, 1.82) is 0 Å². The lowest BCUT2D eigenvalue weighted by molar-refractivity contribution is -0.121. The summed E-state index contributed by atoms with van der Waals surface area (Å²) >= 11 is 0. The summed E-state index contributed by atoms with van der Waals surface area (Å²) in [6.07, 6.45) is 0. The van der Waals surface area contributed by atoms with E-state index in [0.717, 1.165) is 12.1 Å². The Balaban J connectivity index is 2.94. The van der Waals surface area contributed by atoms with Crippen molar-refractivity contribution >= 4 is 11.6 Å². The average Bonchev–Trinajstić information content (AvgIpc) is 2.25. The molecule has 0 saturated carbocycles. The van der Waals surface area contributed by atoms with Crippen molar-refractivity contribution in [2.45, 2.75) is 19.4 Å². The van der Waals surface area contributed by atoms with Gasteiger partial charge in [-0.3, -0.25) is 4.79 Å². The SMILES string of the molecule is CNC(C)(C)C(=O)Nc1cc(F)c(F)c(F)c1. The van der Waals surface area contributed by atoms with Crippen molar-refractivity contribution in [2.75, 3.05) is 12.4 Å². The molecule has 0 bridgehead atoms. The average molecular weight is 246 g/mol. The van der Waals surface area contributed by atoms with E-state index in [1.807, 2.05) is 0 Å². The van der Waals surface area contributed by atoms with Crippen LogP contribution in [0, 0.1) is 17.5 Å². The molecule has 6 heteroatoms. The Hall–Kier alpha value is -1.56. The molecule has 0 spiro atoms. The molecule has 3 nitrogen and oxygen atoms in total. The van der Waals surface area contributed by atoms with Gasteiger partial charge in [-0.2, -0.15) is 0 Å². The third-order valence-corrected chi connectivity index (χ3v) is 2.43. The Morgan fingerprint density at radius 2 is 1.65 bits per heavy atom. The summed E-state index contributed by atoms with van der Waals surface area (Å²) in [5, 5.41) is 5.02. The van der Waals surface area contributed by atoms with Crippen molar-refractivity contribution in [3.05, 3.63) is 29.6 Å². The standard InChI is InChI=1S/C11H13F3N2O/c1-11(2,15-3)10(17)16-6-4-7(12)9(14)8(13)5-6/h4-5,15H,1-3H3,(H,16,17). The second-order valence-corrected chi connectivity index (χ2v) is 4.08. The molecule has 0 aliphatic heterocycles. The summed E-state index contributed by atoms with van der Waals surface area (Å²) in [7, 11) is 1.57. The topological polar surface area (TPSA) is 41.1 Å². The Morgan fingerprint density at radius 3 is 2.06 bits per heavy atom. The minimum absolute atomic E-state index is 0.130. The lowest BCUT2D eigenvalue weighted by Crippen LogP contribution is -2.47. The third kappa shape index (κ3) is 2.97. The Bertz CT molecular complexity index is 423. The summed E-state index contributed by atoms with van der Waals surface area (Å²) in [4.78, 5) is 11.7.